The van der Waals surface area contributed by atoms with Crippen molar-refractivity contribution in [1.82, 2.24) is 0 Å². The molecule has 0 unspecified atom stereocenters. The summed E-state index contributed by atoms with van der Waals surface area (Å²) in [5, 5.41) is 18.5. The van der Waals surface area contributed by atoms with Gasteiger partial charge < -0.3 is 5.21 Å². The van der Waals surface area contributed by atoms with Gasteiger partial charge in [-0.15, -0.1) is 0 Å². The molecule has 16 heavy (non-hydrogen) atoms. The summed E-state index contributed by atoms with van der Waals surface area (Å²) < 4.78 is 23.5. The van der Waals surface area contributed by atoms with Crippen LogP contribution in [0.15, 0.2) is 28.3 Å². The van der Waals surface area contributed by atoms with Crippen LogP contribution >= 0.6 is 0 Å². The molecular weight excluding hydrogens is 228 g/mol. The Morgan fingerprint density at radius 1 is 1.38 bits per heavy atom. The lowest BCUT2D eigenvalue weighted by Crippen LogP contribution is -2.13. The van der Waals surface area contributed by atoms with Gasteiger partial charge in [-0.2, -0.15) is 5.26 Å². The second-order valence-corrected chi connectivity index (χ2v) is 5.13. The topological polar surface area (TPSA) is 90.5 Å². The summed E-state index contributed by atoms with van der Waals surface area (Å²) in [4.78, 5) is -0.0510. The predicted octanol–water partition coefficient (Wildman–Crippen LogP) is 1.39. The summed E-state index contributed by atoms with van der Waals surface area (Å²) in [6.07, 6.45) is 0. The van der Waals surface area contributed by atoms with Crippen molar-refractivity contribution < 1.29 is 13.6 Å². The molecule has 0 amide bonds. The number of rotatable bonds is 1. The number of benzene rings is 1. The molecule has 0 bridgehead atoms. The molecule has 0 aliphatic rings. The van der Waals surface area contributed by atoms with Gasteiger partial charge in [-0.1, -0.05) is 11.2 Å². The number of hydrogen-bond donors (Lipinski definition) is 1. The molecule has 0 fully saturated rings. The minimum atomic E-state index is -4.00. The van der Waals surface area contributed by atoms with Crippen LogP contribution in [0, 0.1) is 25.2 Å². The Kier molecular flexibility index (Phi) is 3.30. The fourth-order valence-electron chi connectivity index (χ4n) is 1.13. The lowest BCUT2D eigenvalue weighted by Gasteiger charge is -2.04. The van der Waals surface area contributed by atoms with E-state index in [0.717, 1.165) is 11.1 Å². The van der Waals surface area contributed by atoms with Crippen molar-refractivity contribution in [2.75, 3.05) is 0 Å². The molecule has 84 valence electrons. The van der Waals surface area contributed by atoms with Gasteiger partial charge in [0, 0.05) is 0 Å². The van der Waals surface area contributed by atoms with Crippen LogP contribution in [0.25, 0.3) is 0 Å². The highest BCUT2D eigenvalue weighted by molar-refractivity contribution is 8.07. The van der Waals surface area contributed by atoms with Gasteiger partial charge in [0.05, 0.1) is 4.90 Å². The van der Waals surface area contributed by atoms with Crippen LogP contribution < -0.4 is 0 Å². The van der Waals surface area contributed by atoms with Crippen LogP contribution in [0.5, 0.6) is 0 Å². The van der Waals surface area contributed by atoms with E-state index >= 15 is 0 Å². The second-order valence-electron chi connectivity index (χ2n) is 3.27. The highest BCUT2D eigenvalue weighted by Gasteiger charge is 2.23. The predicted molar refractivity (Wildman–Crippen MR) is 57.9 cm³/mol. The van der Waals surface area contributed by atoms with Gasteiger partial charge in [-0.3, -0.25) is 0 Å². The SMILES string of the molecule is Cc1ccc(S(=O)(=O)/C(C#N)=N/O)cc1C. The van der Waals surface area contributed by atoms with Gasteiger partial charge in [0.15, 0.2) is 0 Å². The highest BCUT2D eigenvalue weighted by atomic mass is 32.2. The number of sulfone groups is 1. The molecule has 0 saturated carbocycles. The summed E-state index contributed by atoms with van der Waals surface area (Å²) in [6.45, 7) is 3.60. The van der Waals surface area contributed by atoms with E-state index in [0.29, 0.717) is 0 Å². The molecule has 1 aromatic carbocycles. The first-order valence-corrected chi connectivity index (χ1v) is 5.86. The molecule has 0 saturated heterocycles. The Hall–Kier alpha value is -1.87. The monoisotopic (exact) mass is 238 g/mol. The minimum absolute atomic E-state index is 0.0510. The molecule has 0 heterocycles. The first-order valence-electron chi connectivity index (χ1n) is 4.38. The lowest BCUT2D eigenvalue weighted by atomic mass is 10.1. The van der Waals surface area contributed by atoms with Gasteiger partial charge in [0.25, 0.3) is 5.04 Å². The molecule has 0 spiro atoms. The van der Waals surface area contributed by atoms with E-state index in [2.05, 4.69) is 5.16 Å². The van der Waals surface area contributed by atoms with Gasteiger partial charge in [-0.05, 0) is 37.1 Å². The van der Waals surface area contributed by atoms with E-state index in [1.165, 1.54) is 18.2 Å². The molecule has 0 aliphatic heterocycles. The average Bonchev–Trinajstić information content (AvgIpc) is 2.23. The summed E-state index contributed by atoms with van der Waals surface area (Å²) >= 11 is 0. The zero-order valence-electron chi connectivity index (χ0n) is 8.80. The average molecular weight is 238 g/mol. The van der Waals surface area contributed by atoms with Crippen LogP contribution in [-0.2, 0) is 9.84 Å². The molecule has 0 atom stereocenters. The third-order valence-corrected chi connectivity index (χ3v) is 3.79. The van der Waals surface area contributed by atoms with E-state index < -0.39 is 14.9 Å². The minimum Gasteiger partial charge on any atom is -0.409 e. The number of oxime groups is 1. The maximum atomic E-state index is 11.7. The maximum Gasteiger partial charge on any atom is 0.275 e. The first kappa shape index (κ1) is 12.2. The van der Waals surface area contributed by atoms with Crippen molar-refractivity contribution in [3.63, 3.8) is 0 Å². The number of nitrogens with zero attached hydrogens (tertiary/aromatic N) is 2. The standard InChI is InChI=1S/C10H10N2O3S/c1-7-3-4-9(5-8(7)2)16(14,15)10(6-11)12-13/h3-5,13H,1-2H3/b12-10+. The summed E-state index contributed by atoms with van der Waals surface area (Å²) in [6, 6.07) is 5.78. The second kappa shape index (κ2) is 4.33. The molecule has 1 rings (SSSR count). The lowest BCUT2D eigenvalue weighted by molar-refractivity contribution is 0.321. The number of aryl methyl sites for hydroxylation is 2. The normalized spacial score (nSPS) is 12.2. The fourth-order valence-corrected chi connectivity index (χ4v) is 2.16. The first-order chi connectivity index (χ1) is 7.43. The Morgan fingerprint density at radius 2 is 2.00 bits per heavy atom. The zero-order valence-corrected chi connectivity index (χ0v) is 9.61. The summed E-state index contributed by atoms with van der Waals surface area (Å²) in [7, 11) is -4.00. The van der Waals surface area contributed by atoms with Crippen molar-refractivity contribution in [2.24, 2.45) is 5.16 Å². The Balaban J connectivity index is 3.41. The zero-order chi connectivity index (χ0) is 12.3. The van der Waals surface area contributed by atoms with E-state index in [4.69, 9.17) is 10.5 Å². The molecule has 5 nitrogen and oxygen atoms in total. The Bertz CT molecular complexity index is 583. The van der Waals surface area contributed by atoms with Crippen LogP contribution in [0.3, 0.4) is 0 Å². The third-order valence-electron chi connectivity index (χ3n) is 2.23. The number of nitriles is 1. The van der Waals surface area contributed by atoms with Crippen molar-refractivity contribution in [3.8, 4) is 6.07 Å². The smallest absolute Gasteiger partial charge is 0.275 e. The number of hydrogen-bond acceptors (Lipinski definition) is 5. The van der Waals surface area contributed by atoms with E-state index in [1.54, 1.807) is 13.0 Å². The van der Waals surface area contributed by atoms with Crippen LogP contribution in [0.1, 0.15) is 11.1 Å². The quantitative estimate of drug-likeness (QED) is 0.346. The van der Waals surface area contributed by atoms with Crippen molar-refractivity contribution in [2.45, 2.75) is 18.7 Å². The Morgan fingerprint density at radius 3 is 2.44 bits per heavy atom. The molecule has 6 heteroatoms. The van der Waals surface area contributed by atoms with Gasteiger partial charge in [0.1, 0.15) is 6.07 Å². The largest absolute Gasteiger partial charge is 0.409 e. The maximum absolute atomic E-state index is 11.7. The van der Waals surface area contributed by atoms with Crippen LogP contribution in [0.2, 0.25) is 0 Å². The molecular formula is C10H10N2O3S. The highest BCUT2D eigenvalue weighted by Crippen LogP contribution is 2.16. The van der Waals surface area contributed by atoms with Gasteiger partial charge >= 0.3 is 0 Å². The van der Waals surface area contributed by atoms with Gasteiger partial charge in [-0.25, -0.2) is 8.42 Å². The van der Waals surface area contributed by atoms with E-state index in [1.807, 2.05) is 6.92 Å². The van der Waals surface area contributed by atoms with Crippen LogP contribution in [0.4, 0.5) is 0 Å². The van der Waals surface area contributed by atoms with Crippen molar-refractivity contribution >= 4 is 14.9 Å². The molecule has 0 aliphatic carbocycles. The molecule has 0 aromatic heterocycles. The molecule has 1 N–H and O–H groups in total. The van der Waals surface area contributed by atoms with Crippen molar-refractivity contribution in [1.29, 1.82) is 5.26 Å². The fraction of sp³-hybridized carbons (Fsp3) is 0.200. The third kappa shape index (κ3) is 2.04. The summed E-state index contributed by atoms with van der Waals surface area (Å²) in [5.74, 6) is 0. The molecule has 1 aromatic rings. The van der Waals surface area contributed by atoms with Gasteiger partial charge in [0.2, 0.25) is 9.84 Å². The van der Waals surface area contributed by atoms with Crippen molar-refractivity contribution in [3.05, 3.63) is 29.3 Å². The Labute approximate surface area is 93.6 Å². The van der Waals surface area contributed by atoms with E-state index in [9.17, 15) is 8.42 Å². The summed E-state index contributed by atoms with van der Waals surface area (Å²) in [5.41, 5.74) is 1.73. The van der Waals surface area contributed by atoms with Crippen LogP contribution in [-0.4, -0.2) is 18.7 Å². The molecule has 0 radical (unpaired) electrons. The van der Waals surface area contributed by atoms with E-state index in [-0.39, 0.29) is 4.90 Å².